The lowest BCUT2D eigenvalue weighted by molar-refractivity contribution is -0.120. The number of carbonyl (C=O) groups is 1. The number of benzene rings is 1. The summed E-state index contributed by atoms with van der Waals surface area (Å²) in [7, 11) is 0. The molecule has 19 heavy (non-hydrogen) atoms. The standard InChI is InChI=1S/C14H15N3O2/c15-12-8-19-7-11(12)14(18)17-10-5-9-3-1-2-4-13(9)16-6-10/h1-6,11-12H,7-8,15H2,(H,17,18). The second-order valence-electron chi connectivity index (χ2n) is 4.71. The molecule has 3 N–H and O–H groups in total. The summed E-state index contributed by atoms with van der Waals surface area (Å²) in [5, 5.41) is 3.84. The number of aromatic nitrogens is 1. The first-order chi connectivity index (χ1) is 9.24. The Morgan fingerprint density at radius 1 is 1.37 bits per heavy atom. The van der Waals surface area contributed by atoms with Crippen LogP contribution in [0, 0.1) is 5.92 Å². The molecule has 5 heteroatoms. The monoisotopic (exact) mass is 257 g/mol. The fourth-order valence-electron chi connectivity index (χ4n) is 2.22. The van der Waals surface area contributed by atoms with E-state index in [2.05, 4.69) is 10.3 Å². The molecule has 1 amide bonds. The smallest absolute Gasteiger partial charge is 0.231 e. The van der Waals surface area contributed by atoms with Gasteiger partial charge in [0.25, 0.3) is 0 Å². The Hall–Kier alpha value is -1.98. The van der Waals surface area contributed by atoms with Crippen LogP contribution in [0.5, 0.6) is 0 Å². The van der Waals surface area contributed by atoms with Gasteiger partial charge in [-0.2, -0.15) is 0 Å². The quantitative estimate of drug-likeness (QED) is 0.846. The summed E-state index contributed by atoms with van der Waals surface area (Å²) < 4.78 is 5.20. The van der Waals surface area contributed by atoms with Crippen molar-refractivity contribution in [3.05, 3.63) is 36.5 Å². The molecule has 98 valence electrons. The number of para-hydroxylation sites is 1. The van der Waals surface area contributed by atoms with Gasteiger partial charge >= 0.3 is 0 Å². The van der Waals surface area contributed by atoms with Crippen LogP contribution < -0.4 is 11.1 Å². The van der Waals surface area contributed by atoms with Gasteiger partial charge in [0.05, 0.1) is 36.5 Å². The number of carbonyl (C=O) groups excluding carboxylic acids is 1. The molecular formula is C14H15N3O2. The topological polar surface area (TPSA) is 77.2 Å². The predicted molar refractivity (Wildman–Crippen MR) is 72.7 cm³/mol. The van der Waals surface area contributed by atoms with Crippen molar-refractivity contribution in [2.24, 2.45) is 11.7 Å². The molecule has 1 fully saturated rings. The molecule has 1 aromatic heterocycles. The number of pyridine rings is 1. The summed E-state index contributed by atoms with van der Waals surface area (Å²) in [6, 6.07) is 9.44. The molecule has 5 nitrogen and oxygen atoms in total. The number of nitrogens with two attached hydrogens (primary N) is 1. The van der Waals surface area contributed by atoms with Crippen LogP contribution in [0.3, 0.4) is 0 Å². The van der Waals surface area contributed by atoms with Gasteiger partial charge in [-0.15, -0.1) is 0 Å². The van der Waals surface area contributed by atoms with Crippen LogP contribution in [-0.4, -0.2) is 30.1 Å². The van der Waals surface area contributed by atoms with E-state index >= 15 is 0 Å². The van der Waals surface area contributed by atoms with Crippen molar-refractivity contribution < 1.29 is 9.53 Å². The van der Waals surface area contributed by atoms with Gasteiger partial charge in [0.2, 0.25) is 5.91 Å². The average molecular weight is 257 g/mol. The summed E-state index contributed by atoms with van der Waals surface area (Å²) in [6.07, 6.45) is 1.65. The van der Waals surface area contributed by atoms with Gasteiger partial charge in [-0.3, -0.25) is 9.78 Å². The van der Waals surface area contributed by atoms with Gasteiger partial charge in [-0.25, -0.2) is 0 Å². The fraction of sp³-hybridized carbons (Fsp3) is 0.286. The van der Waals surface area contributed by atoms with E-state index in [1.807, 2.05) is 30.3 Å². The van der Waals surface area contributed by atoms with Crippen LogP contribution >= 0.6 is 0 Å². The lowest BCUT2D eigenvalue weighted by Crippen LogP contribution is -2.37. The third-order valence-corrected chi connectivity index (χ3v) is 3.32. The highest BCUT2D eigenvalue weighted by molar-refractivity contribution is 5.95. The molecule has 0 aliphatic carbocycles. The van der Waals surface area contributed by atoms with Crippen LogP contribution in [0.15, 0.2) is 36.5 Å². The van der Waals surface area contributed by atoms with Crippen molar-refractivity contribution in [2.75, 3.05) is 18.5 Å². The van der Waals surface area contributed by atoms with E-state index in [1.54, 1.807) is 6.20 Å². The van der Waals surface area contributed by atoms with Crippen LogP contribution in [-0.2, 0) is 9.53 Å². The van der Waals surface area contributed by atoms with E-state index < -0.39 is 0 Å². The van der Waals surface area contributed by atoms with Gasteiger partial charge in [0.15, 0.2) is 0 Å². The number of rotatable bonds is 2. The summed E-state index contributed by atoms with van der Waals surface area (Å²) in [6.45, 7) is 0.821. The largest absolute Gasteiger partial charge is 0.379 e. The molecule has 2 heterocycles. The first-order valence-corrected chi connectivity index (χ1v) is 6.23. The first kappa shape index (κ1) is 12.1. The molecule has 0 radical (unpaired) electrons. The van der Waals surface area contributed by atoms with Gasteiger partial charge in [-0.05, 0) is 12.1 Å². The molecule has 2 atom stereocenters. The maximum absolute atomic E-state index is 12.1. The third kappa shape index (κ3) is 2.43. The number of nitrogens with zero attached hydrogens (tertiary/aromatic N) is 1. The van der Waals surface area contributed by atoms with E-state index in [0.29, 0.717) is 18.9 Å². The number of nitrogens with one attached hydrogen (secondary N) is 1. The Kier molecular flexibility index (Phi) is 3.15. The number of ether oxygens (including phenoxy) is 1. The number of fused-ring (bicyclic) bond motifs is 1. The minimum atomic E-state index is -0.286. The second-order valence-corrected chi connectivity index (χ2v) is 4.71. The molecule has 3 rings (SSSR count). The van der Waals surface area contributed by atoms with Crippen molar-refractivity contribution in [1.29, 1.82) is 0 Å². The zero-order valence-electron chi connectivity index (χ0n) is 10.4. The summed E-state index contributed by atoms with van der Waals surface area (Å²) >= 11 is 0. The number of hydrogen-bond donors (Lipinski definition) is 2. The van der Waals surface area contributed by atoms with E-state index in [1.165, 1.54) is 0 Å². The lowest BCUT2D eigenvalue weighted by Gasteiger charge is -2.13. The molecule has 0 bridgehead atoms. The Morgan fingerprint density at radius 2 is 2.21 bits per heavy atom. The highest BCUT2D eigenvalue weighted by Gasteiger charge is 2.31. The van der Waals surface area contributed by atoms with Crippen molar-refractivity contribution in [2.45, 2.75) is 6.04 Å². The molecular weight excluding hydrogens is 242 g/mol. The van der Waals surface area contributed by atoms with Crippen LogP contribution in [0.25, 0.3) is 10.9 Å². The molecule has 2 unspecified atom stereocenters. The summed E-state index contributed by atoms with van der Waals surface area (Å²) in [5.74, 6) is -0.395. The zero-order chi connectivity index (χ0) is 13.2. The predicted octanol–water partition coefficient (Wildman–Crippen LogP) is 1.15. The Morgan fingerprint density at radius 3 is 3.00 bits per heavy atom. The van der Waals surface area contributed by atoms with E-state index in [-0.39, 0.29) is 17.9 Å². The van der Waals surface area contributed by atoms with Gasteiger partial charge in [0, 0.05) is 11.4 Å². The average Bonchev–Trinajstić information content (AvgIpc) is 2.85. The highest BCUT2D eigenvalue weighted by atomic mass is 16.5. The molecule has 1 aromatic carbocycles. The number of hydrogen-bond acceptors (Lipinski definition) is 4. The van der Waals surface area contributed by atoms with E-state index in [9.17, 15) is 4.79 Å². The maximum atomic E-state index is 12.1. The first-order valence-electron chi connectivity index (χ1n) is 6.23. The van der Waals surface area contributed by atoms with Gasteiger partial charge in [0.1, 0.15) is 0 Å². The molecule has 1 saturated heterocycles. The summed E-state index contributed by atoms with van der Waals surface area (Å²) in [5.41, 5.74) is 7.41. The van der Waals surface area contributed by atoms with Crippen LogP contribution in [0.1, 0.15) is 0 Å². The highest BCUT2D eigenvalue weighted by Crippen LogP contribution is 2.18. The van der Waals surface area contributed by atoms with Gasteiger partial charge in [-0.1, -0.05) is 18.2 Å². The molecule has 1 aliphatic heterocycles. The Balaban J connectivity index is 1.79. The van der Waals surface area contributed by atoms with Gasteiger partial charge < -0.3 is 15.8 Å². The molecule has 0 saturated carbocycles. The van der Waals surface area contributed by atoms with Crippen molar-refractivity contribution in [3.8, 4) is 0 Å². The zero-order valence-corrected chi connectivity index (χ0v) is 10.4. The van der Waals surface area contributed by atoms with Crippen molar-refractivity contribution in [1.82, 2.24) is 4.98 Å². The third-order valence-electron chi connectivity index (χ3n) is 3.32. The fourth-order valence-corrected chi connectivity index (χ4v) is 2.22. The van der Waals surface area contributed by atoms with E-state index in [0.717, 1.165) is 10.9 Å². The van der Waals surface area contributed by atoms with E-state index in [4.69, 9.17) is 10.5 Å². The maximum Gasteiger partial charge on any atom is 0.231 e. The Labute approximate surface area is 110 Å². The minimum absolute atomic E-state index is 0.109. The molecule has 0 spiro atoms. The number of amides is 1. The number of anilines is 1. The molecule has 2 aromatic rings. The normalized spacial score (nSPS) is 22.6. The second kappa shape index (κ2) is 4.95. The SMILES string of the molecule is NC1COCC1C(=O)Nc1cnc2ccccc2c1. The summed E-state index contributed by atoms with van der Waals surface area (Å²) in [4.78, 5) is 16.4. The molecule has 1 aliphatic rings. The van der Waals surface area contributed by atoms with Crippen molar-refractivity contribution in [3.63, 3.8) is 0 Å². The van der Waals surface area contributed by atoms with Crippen LogP contribution in [0.2, 0.25) is 0 Å². The lowest BCUT2D eigenvalue weighted by atomic mass is 10.0. The van der Waals surface area contributed by atoms with Crippen LogP contribution in [0.4, 0.5) is 5.69 Å². The minimum Gasteiger partial charge on any atom is -0.379 e. The Bertz CT molecular complexity index is 614. The van der Waals surface area contributed by atoms with Crippen molar-refractivity contribution >= 4 is 22.5 Å².